The van der Waals surface area contributed by atoms with Crippen LogP contribution in [0.2, 0.25) is 0 Å². The molecule has 0 atom stereocenters. The van der Waals surface area contributed by atoms with Gasteiger partial charge in [-0.05, 0) is 12.1 Å². The van der Waals surface area contributed by atoms with Crippen molar-refractivity contribution in [3.63, 3.8) is 0 Å². The molecule has 2 aromatic heterocycles. The van der Waals surface area contributed by atoms with E-state index in [9.17, 15) is 5.21 Å². The lowest BCUT2D eigenvalue weighted by molar-refractivity contribution is -0.594. The highest BCUT2D eigenvalue weighted by Crippen LogP contribution is 2.08. The fourth-order valence-corrected chi connectivity index (χ4v) is 1.04. The van der Waals surface area contributed by atoms with E-state index in [1.54, 1.807) is 18.3 Å². The summed E-state index contributed by atoms with van der Waals surface area (Å²) in [6.45, 7) is 0. The summed E-state index contributed by atoms with van der Waals surface area (Å²) in [4.78, 5) is 7.91. The van der Waals surface area contributed by atoms with E-state index in [-0.39, 0.29) is 0 Å². The van der Waals surface area contributed by atoms with E-state index >= 15 is 0 Å². The van der Waals surface area contributed by atoms with E-state index < -0.39 is 0 Å². The van der Waals surface area contributed by atoms with Gasteiger partial charge in [-0.1, -0.05) is 6.07 Å². The summed E-state index contributed by atoms with van der Waals surface area (Å²) in [6.07, 6.45) is 5.93. The Bertz CT molecular complexity index is 403. The van der Waals surface area contributed by atoms with Crippen LogP contribution in [0.3, 0.4) is 0 Å². The maximum absolute atomic E-state index is 11.3. The first-order valence-corrected chi connectivity index (χ1v) is 3.82. The topological polar surface area (TPSA) is 52.7 Å². The van der Waals surface area contributed by atoms with Crippen LogP contribution in [0.1, 0.15) is 0 Å². The monoisotopic (exact) mass is 173 g/mol. The number of pyridine rings is 1. The molecule has 0 unspecified atom stereocenters. The summed E-state index contributed by atoms with van der Waals surface area (Å²) in [5.74, 6) is 0. The van der Waals surface area contributed by atoms with E-state index in [1.165, 1.54) is 18.6 Å². The standard InChI is InChI=1S/C9H7N3O/c13-12-6-5-10-7-9(12)8-3-1-2-4-11-8/h1-7H. The third-order valence-corrected chi connectivity index (χ3v) is 1.65. The Morgan fingerprint density at radius 1 is 1.23 bits per heavy atom. The largest absolute Gasteiger partial charge is 0.618 e. The van der Waals surface area contributed by atoms with Crippen LogP contribution in [0.15, 0.2) is 43.0 Å². The van der Waals surface area contributed by atoms with Gasteiger partial charge in [0.1, 0.15) is 11.9 Å². The van der Waals surface area contributed by atoms with E-state index in [1.807, 2.05) is 6.07 Å². The SMILES string of the molecule is [O-][n+]1ccncc1-c1ccccn1. The summed E-state index contributed by atoms with van der Waals surface area (Å²) in [5.41, 5.74) is 1.09. The van der Waals surface area contributed by atoms with Gasteiger partial charge < -0.3 is 5.21 Å². The van der Waals surface area contributed by atoms with Crippen LogP contribution < -0.4 is 4.73 Å². The zero-order chi connectivity index (χ0) is 9.10. The third kappa shape index (κ3) is 1.46. The van der Waals surface area contributed by atoms with Gasteiger partial charge in [-0.2, -0.15) is 4.73 Å². The van der Waals surface area contributed by atoms with Crippen LogP contribution in [0.5, 0.6) is 0 Å². The van der Waals surface area contributed by atoms with Gasteiger partial charge in [0.25, 0.3) is 5.69 Å². The van der Waals surface area contributed by atoms with Crippen LogP contribution in [0, 0.1) is 5.21 Å². The van der Waals surface area contributed by atoms with Gasteiger partial charge in [0.15, 0.2) is 6.20 Å². The van der Waals surface area contributed by atoms with Crippen LogP contribution in [-0.2, 0) is 0 Å². The van der Waals surface area contributed by atoms with Gasteiger partial charge in [-0.15, -0.1) is 0 Å². The van der Waals surface area contributed by atoms with Crippen molar-refractivity contribution < 1.29 is 4.73 Å². The highest BCUT2D eigenvalue weighted by atomic mass is 16.5. The molecule has 0 aliphatic carbocycles. The second-order valence-corrected chi connectivity index (χ2v) is 2.50. The Balaban J connectivity index is 2.54. The van der Waals surface area contributed by atoms with Crippen molar-refractivity contribution in [3.8, 4) is 11.4 Å². The highest BCUT2D eigenvalue weighted by molar-refractivity contribution is 5.48. The molecule has 0 aliphatic rings. The molecule has 0 radical (unpaired) electrons. The average Bonchev–Trinajstić information content (AvgIpc) is 2.20. The quantitative estimate of drug-likeness (QED) is 0.473. The summed E-state index contributed by atoms with van der Waals surface area (Å²) in [6, 6.07) is 5.40. The fourth-order valence-electron chi connectivity index (χ4n) is 1.04. The number of aromatic nitrogens is 3. The summed E-state index contributed by atoms with van der Waals surface area (Å²) in [5, 5.41) is 11.3. The molecule has 0 saturated heterocycles. The molecule has 0 bridgehead atoms. The molecule has 2 rings (SSSR count). The Hall–Kier alpha value is -1.97. The lowest BCUT2D eigenvalue weighted by Gasteiger charge is -2.00. The highest BCUT2D eigenvalue weighted by Gasteiger charge is 2.07. The third-order valence-electron chi connectivity index (χ3n) is 1.65. The number of rotatable bonds is 1. The van der Waals surface area contributed by atoms with Crippen LogP contribution in [0.4, 0.5) is 0 Å². The van der Waals surface area contributed by atoms with Crippen molar-refractivity contribution in [2.75, 3.05) is 0 Å². The van der Waals surface area contributed by atoms with E-state index in [0.29, 0.717) is 11.4 Å². The summed E-state index contributed by atoms with van der Waals surface area (Å²) in [7, 11) is 0. The molecule has 0 aliphatic heterocycles. The first kappa shape index (κ1) is 7.67. The van der Waals surface area contributed by atoms with Gasteiger partial charge in [0, 0.05) is 6.20 Å². The van der Waals surface area contributed by atoms with Crippen molar-refractivity contribution in [2.24, 2.45) is 0 Å². The Labute approximate surface area is 75.1 Å². The van der Waals surface area contributed by atoms with Crippen molar-refractivity contribution in [1.82, 2.24) is 9.97 Å². The van der Waals surface area contributed by atoms with Gasteiger partial charge in [0.05, 0.1) is 6.20 Å². The predicted molar refractivity (Wildman–Crippen MR) is 46.4 cm³/mol. The van der Waals surface area contributed by atoms with Crippen molar-refractivity contribution in [2.45, 2.75) is 0 Å². The lowest BCUT2D eigenvalue weighted by Crippen LogP contribution is -2.28. The molecule has 0 aromatic carbocycles. The van der Waals surface area contributed by atoms with Crippen LogP contribution >= 0.6 is 0 Å². The normalized spacial score (nSPS) is 9.85. The zero-order valence-corrected chi connectivity index (χ0v) is 6.79. The number of nitrogens with zero attached hydrogens (tertiary/aromatic N) is 3. The summed E-state index contributed by atoms with van der Waals surface area (Å²) >= 11 is 0. The van der Waals surface area contributed by atoms with E-state index in [4.69, 9.17) is 0 Å². The first-order chi connectivity index (χ1) is 6.38. The minimum absolute atomic E-state index is 0.461. The molecule has 0 amide bonds. The summed E-state index contributed by atoms with van der Waals surface area (Å²) < 4.78 is 0.745. The Kier molecular flexibility index (Phi) is 1.88. The predicted octanol–water partition coefficient (Wildman–Crippen LogP) is 0.777. The number of hydrogen-bond acceptors (Lipinski definition) is 3. The van der Waals surface area contributed by atoms with Crippen molar-refractivity contribution in [1.29, 1.82) is 0 Å². The van der Waals surface area contributed by atoms with Crippen molar-refractivity contribution in [3.05, 3.63) is 48.2 Å². The smallest absolute Gasteiger partial charge is 0.260 e. The molecule has 0 fully saturated rings. The Morgan fingerprint density at radius 3 is 2.85 bits per heavy atom. The van der Waals surface area contributed by atoms with Gasteiger partial charge in [-0.3, -0.25) is 4.98 Å². The first-order valence-electron chi connectivity index (χ1n) is 3.82. The maximum atomic E-state index is 11.3. The molecule has 64 valence electrons. The molecule has 2 heterocycles. The lowest BCUT2D eigenvalue weighted by atomic mass is 10.3. The van der Waals surface area contributed by atoms with Gasteiger partial charge in [0.2, 0.25) is 0 Å². The molecule has 0 spiro atoms. The maximum Gasteiger partial charge on any atom is 0.260 e. The molecular weight excluding hydrogens is 166 g/mol. The Morgan fingerprint density at radius 2 is 2.15 bits per heavy atom. The van der Waals surface area contributed by atoms with E-state index in [0.717, 1.165) is 4.73 Å². The number of hydrogen-bond donors (Lipinski definition) is 0. The van der Waals surface area contributed by atoms with Crippen molar-refractivity contribution >= 4 is 0 Å². The van der Waals surface area contributed by atoms with Gasteiger partial charge in [-0.25, -0.2) is 4.98 Å². The molecule has 0 N–H and O–H groups in total. The van der Waals surface area contributed by atoms with E-state index in [2.05, 4.69) is 9.97 Å². The van der Waals surface area contributed by atoms with Gasteiger partial charge >= 0.3 is 0 Å². The molecule has 4 nitrogen and oxygen atoms in total. The second-order valence-electron chi connectivity index (χ2n) is 2.50. The molecular formula is C9H7N3O. The van der Waals surface area contributed by atoms with Crippen LogP contribution in [-0.4, -0.2) is 9.97 Å². The van der Waals surface area contributed by atoms with Crippen LogP contribution in [0.25, 0.3) is 11.4 Å². The minimum atomic E-state index is 0.461. The molecule has 2 aromatic rings. The molecule has 0 saturated carbocycles. The second kappa shape index (κ2) is 3.18. The zero-order valence-electron chi connectivity index (χ0n) is 6.79. The fraction of sp³-hybridized carbons (Fsp3) is 0. The minimum Gasteiger partial charge on any atom is -0.618 e. The molecule has 4 heteroatoms. The molecule has 13 heavy (non-hydrogen) atoms. The average molecular weight is 173 g/mol.